The summed E-state index contributed by atoms with van der Waals surface area (Å²) in [6, 6.07) is 16.3. The summed E-state index contributed by atoms with van der Waals surface area (Å²) in [5, 5.41) is 6.28. The zero-order valence-electron chi connectivity index (χ0n) is 15.6. The molecule has 0 aromatic heterocycles. The molecule has 1 fully saturated rings. The number of carbonyl (C=O) groups is 2. The van der Waals surface area contributed by atoms with Crippen molar-refractivity contribution in [3.8, 4) is 0 Å². The van der Waals surface area contributed by atoms with Gasteiger partial charge >= 0.3 is 0 Å². The highest BCUT2D eigenvalue weighted by Gasteiger charge is 2.23. The molecule has 0 saturated carbocycles. The van der Waals surface area contributed by atoms with Gasteiger partial charge in [-0.3, -0.25) is 9.59 Å². The van der Waals surface area contributed by atoms with Gasteiger partial charge in [-0.2, -0.15) is 0 Å². The number of morpholine rings is 1. The van der Waals surface area contributed by atoms with E-state index in [0.717, 1.165) is 38.4 Å². The summed E-state index contributed by atoms with van der Waals surface area (Å²) >= 11 is 5.83. The lowest BCUT2D eigenvalue weighted by Crippen LogP contribution is -3.14. The minimum absolute atomic E-state index is 0.0801. The van der Waals surface area contributed by atoms with Crippen LogP contribution in [0.4, 0.5) is 0 Å². The lowest BCUT2D eigenvalue weighted by Gasteiger charge is -2.28. The van der Waals surface area contributed by atoms with Crippen LogP contribution in [0.5, 0.6) is 0 Å². The second kappa shape index (κ2) is 10.2. The zero-order valence-corrected chi connectivity index (χ0v) is 16.4. The van der Waals surface area contributed by atoms with Crippen LogP contribution < -0.4 is 15.5 Å². The molecule has 148 valence electrons. The van der Waals surface area contributed by atoms with E-state index in [1.807, 2.05) is 30.3 Å². The SMILES string of the molecule is O=C(CNC(=O)c1ccc(Cl)cc1)N[C@H](C[NH+]1CCOCC1)c1ccccc1. The first kappa shape index (κ1) is 20.3. The topological polar surface area (TPSA) is 71.9 Å². The fraction of sp³-hybridized carbons (Fsp3) is 0.333. The standard InChI is InChI=1S/C21H24ClN3O3/c22-18-8-6-17(7-9-18)21(27)23-14-20(26)24-19(16-4-2-1-3-5-16)15-25-10-12-28-13-11-25/h1-9,19H,10-15H2,(H,23,27)(H,24,26)/p+1/t19-/m1/s1. The van der Waals surface area contributed by atoms with Crippen LogP contribution in [-0.4, -0.2) is 51.2 Å². The summed E-state index contributed by atoms with van der Waals surface area (Å²) in [4.78, 5) is 26.1. The van der Waals surface area contributed by atoms with Crippen molar-refractivity contribution in [3.05, 3.63) is 70.7 Å². The first-order chi connectivity index (χ1) is 13.6. The Bertz CT molecular complexity index is 777. The van der Waals surface area contributed by atoms with Crippen molar-refractivity contribution in [1.29, 1.82) is 0 Å². The molecule has 3 N–H and O–H groups in total. The number of hydrogen-bond donors (Lipinski definition) is 3. The van der Waals surface area contributed by atoms with Crippen molar-refractivity contribution >= 4 is 23.4 Å². The van der Waals surface area contributed by atoms with Crippen LogP contribution in [-0.2, 0) is 9.53 Å². The first-order valence-electron chi connectivity index (χ1n) is 9.41. The molecule has 7 heteroatoms. The Balaban J connectivity index is 1.57. The molecular weight excluding hydrogens is 378 g/mol. The van der Waals surface area contributed by atoms with E-state index in [4.69, 9.17) is 16.3 Å². The first-order valence-corrected chi connectivity index (χ1v) is 9.79. The Morgan fingerprint density at radius 1 is 1.04 bits per heavy atom. The summed E-state index contributed by atoms with van der Waals surface area (Å²) in [5.41, 5.74) is 1.52. The number of hydrogen-bond acceptors (Lipinski definition) is 3. The van der Waals surface area contributed by atoms with Crippen molar-refractivity contribution in [3.63, 3.8) is 0 Å². The van der Waals surface area contributed by atoms with Gasteiger partial charge in [0.15, 0.2) is 0 Å². The van der Waals surface area contributed by atoms with Gasteiger partial charge in [0.1, 0.15) is 25.7 Å². The molecule has 28 heavy (non-hydrogen) atoms. The Kier molecular flexibility index (Phi) is 7.42. The lowest BCUT2D eigenvalue weighted by molar-refractivity contribution is -0.909. The van der Waals surface area contributed by atoms with Gasteiger partial charge in [-0.05, 0) is 29.8 Å². The van der Waals surface area contributed by atoms with Crippen LogP contribution >= 0.6 is 11.6 Å². The van der Waals surface area contributed by atoms with Crippen molar-refractivity contribution in [2.24, 2.45) is 0 Å². The van der Waals surface area contributed by atoms with Crippen LogP contribution in [0.25, 0.3) is 0 Å². The molecular formula is C21H25ClN3O3+. The van der Waals surface area contributed by atoms with E-state index in [0.29, 0.717) is 10.6 Å². The lowest BCUT2D eigenvalue weighted by atomic mass is 10.1. The average Bonchev–Trinajstić information content (AvgIpc) is 2.73. The van der Waals surface area contributed by atoms with Gasteiger partial charge in [0.2, 0.25) is 5.91 Å². The summed E-state index contributed by atoms with van der Waals surface area (Å²) in [6.45, 7) is 4.02. The zero-order chi connectivity index (χ0) is 19.8. The van der Waals surface area contributed by atoms with Crippen molar-refractivity contribution in [1.82, 2.24) is 10.6 Å². The van der Waals surface area contributed by atoms with E-state index in [9.17, 15) is 9.59 Å². The smallest absolute Gasteiger partial charge is 0.251 e. The fourth-order valence-corrected chi connectivity index (χ4v) is 3.33. The molecule has 6 nitrogen and oxygen atoms in total. The number of ether oxygens (including phenoxy) is 1. The van der Waals surface area contributed by atoms with Crippen molar-refractivity contribution in [2.45, 2.75) is 6.04 Å². The van der Waals surface area contributed by atoms with Gasteiger partial charge in [0.05, 0.1) is 19.8 Å². The van der Waals surface area contributed by atoms with Crippen LogP contribution in [0.3, 0.4) is 0 Å². The normalized spacial score (nSPS) is 15.6. The van der Waals surface area contributed by atoms with Gasteiger partial charge in [-0.15, -0.1) is 0 Å². The van der Waals surface area contributed by atoms with Gasteiger partial charge in [-0.25, -0.2) is 0 Å². The Labute approximate surface area is 169 Å². The summed E-state index contributed by atoms with van der Waals surface area (Å²) < 4.78 is 5.42. The number of amides is 2. The Hall–Kier alpha value is -2.41. The molecule has 0 unspecified atom stereocenters. The summed E-state index contributed by atoms with van der Waals surface area (Å²) in [6.07, 6.45) is 0. The molecule has 2 aromatic rings. The highest BCUT2D eigenvalue weighted by molar-refractivity contribution is 6.30. The Morgan fingerprint density at radius 2 is 1.71 bits per heavy atom. The van der Waals surface area contributed by atoms with Gasteiger partial charge in [-0.1, -0.05) is 41.9 Å². The monoisotopic (exact) mass is 402 g/mol. The molecule has 3 rings (SSSR count). The minimum Gasteiger partial charge on any atom is -0.370 e. The van der Waals surface area contributed by atoms with E-state index in [1.165, 1.54) is 4.90 Å². The minimum atomic E-state index is -0.304. The maximum atomic E-state index is 12.5. The van der Waals surface area contributed by atoms with Crippen LogP contribution in [0.1, 0.15) is 22.0 Å². The maximum Gasteiger partial charge on any atom is 0.251 e. The van der Waals surface area contributed by atoms with E-state index < -0.39 is 0 Å². The summed E-state index contributed by atoms with van der Waals surface area (Å²) in [7, 11) is 0. The third-order valence-electron chi connectivity index (χ3n) is 4.75. The molecule has 0 spiro atoms. The molecule has 1 saturated heterocycles. The Morgan fingerprint density at radius 3 is 2.39 bits per heavy atom. The average molecular weight is 403 g/mol. The van der Waals surface area contributed by atoms with Crippen LogP contribution in [0.2, 0.25) is 5.02 Å². The fourth-order valence-electron chi connectivity index (χ4n) is 3.20. The largest absolute Gasteiger partial charge is 0.370 e. The van der Waals surface area contributed by atoms with Gasteiger partial charge in [0.25, 0.3) is 5.91 Å². The number of halogens is 1. The van der Waals surface area contributed by atoms with E-state index >= 15 is 0 Å². The predicted octanol–water partition coefficient (Wildman–Crippen LogP) is 0.842. The van der Waals surface area contributed by atoms with E-state index in [2.05, 4.69) is 10.6 Å². The quantitative estimate of drug-likeness (QED) is 0.642. The highest BCUT2D eigenvalue weighted by atomic mass is 35.5. The number of nitrogens with one attached hydrogen (secondary N) is 3. The highest BCUT2D eigenvalue weighted by Crippen LogP contribution is 2.11. The van der Waals surface area contributed by atoms with Crippen molar-refractivity contribution < 1.29 is 19.2 Å². The number of carbonyl (C=O) groups excluding carboxylic acids is 2. The summed E-state index contributed by atoms with van der Waals surface area (Å²) in [5.74, 6) is -0.522. The van der Waals surface area contributed by atoms with E-state index in [1.54, 1.807) is 24.3 Å². The molecule has 0 aliphatic carbocycles. The second-order valence-electron chi connectivity index (χ2n) is 6.79. The molecule has 1 aliphatic heterocycles. The molecule has 2 amide bonds. The number of quaternary nitrogens is 1. The maximum absolute atomic E-state index is 12.5. The number of benzene rings is 2. The van der Waals surface area contributed by atoms with Gasteiger partial charge < -0.3 is 20.3 Å². The molecule has 0 radical (unpaired) electrons. The predicted molar refractivity (Wildman–Crippen MR) is 107 cm³/mol. The van der Waals surface area contributed by atoms with Gasteiger partial charge in [0, 0.05) is 10.6 Å². The van der Waals surface area contributed by atoms with Crippen molar-refractivity contribution in [2.75, 3.05) is 39.4 Å². The molecule has 1 atom stereocenters. The van der Waals surface area contributed by atoms with Crippen LogP contribution in [0.15, 0.2) is 54.6 Å². The second-order valence-corrected chi connectivity index (χ2v) is 7.22. The molecule has 1 aliphatic rings. The van der Waals surface area contributed by atoms with Crippen LogP contribution in [0, 0.1) is 0 Å². The third-order valence-corrected chi connectivity index (χ3v) is 5.00. The number of rotatable bonds is 7. The molecule has 1 heterocycles. The third kappa shape index (κ3) is 6.05. The molecule has 2 aromatic carbocycles. The molecule has 0 bridgehead atoms. The van der Waals surface area contributed by atoms with E-state index in [-0.39, 0.29) is 24.4 Å².